The van der Waals surface area contributed by atoms with E-state index >= 15 is 0 Å². The molecule has 0 saturated carbocycles. The van der Waals surface area contributed by atoms with Gasteiger partial charge in [-0.3, -0.25) is 5.84 Å². The number of anilines is 1. The van der Waals surface area contributed by atoms with Crippen LogP contribution in [-0.2, 0) is 0 Å². The lowest BCUT2D eigenvalue weighted by molar-refractivity contribution is 0.616. The van der Waals surface area contributed by atoms with Crippen LogP contribution in [-0.4, -0.2) is 0 Å². The summed E-state index contributed by atoms with van der Waals surface area (Å²) in [5, 5.41) is 0. The molecular formula is C13H14FN3. The monoisotopic (exact) mass is 231 g/mol. The molecule has 1 unspecified atom stereocenters. The number of hydrogen-bond donors (Lipinski definition) is 3. The van der Waals surface area contributed by atoms with Gasteiger partial charge in [-0.2, -0.15) is 0 Å². The van der Waals surface area contributed by atoms with Gasteiger partial charge in [-0.1, -0.05) is 30.3 Å². The van der Waals surface area contributed by atoms with Crippen LogP contribution in [0.5, 0.6) is 0 Å². The Labute approximate surface area is 99.2 Å². The lowest BCUT2D eigenvalue weighted by Crippen LogP contribution is -2.29. The van der Waals surface area contributed by atoms with Crippen molar-refractivity contribution in [2.45, 2.75) is 6.04 Å². The van der Waals surface area contributed by atoms with Gasteiger partial charge in [0.1, 0.15) is 5.82 Å². The number of benzene rings is 2. The molecular weight excluding hydrogens is 217 g/mol. The van der Waals surface area contributed by atoms with E-state index in [1.807, 2.05) is 24.3 Å². The molecule has 2 rings (SSSR count). The fourth-order valence-corrected chi connectivity index (χ4v) is 1.79. The Morgan fingerprint density at radius 2 is 1.65 bits per heavy atom. The van der Waals surface area contributed by atoms with Gasteiger partial charge in [0, 0.05) is 5.69 Å². The quantitative estimate of drug-likeness (QED) is 0.430. The van der Waals surface area contributed by atoms with Crippen molar-refractivity contribution >= 4 is 5.69 Å². The summed E-state index contributed by atoms with van der Waals surface area (Å²) in [6, 6.07) is 13.4. The number of halogens is 1. The molecule has 17 heavy (non-hydrogen) atoms. The minimum Gasteiger partial charge on any atom is -0.398 e. The van der Waals surface area contributed by atoms with Gasteiger partial charge in [0.05, 0.1) is 6.04 Å². The molecule has 88 valence electrons. The first-order chi connectivity index (χ1) is 8.22. The Kier molecular flexibility index (Phi) is 3.37. The molecule has 0 aliphatic rings. The highest BCUT2D eigenvalue weighted by atomic mass is 19.1. The largest absolute Gasteiger partial charge is 0.398 e. The number of nitrogens with one attached hydrogen (secondary N) is 1. The molecule has 0 radical (unpaired) electrons. The fraction of sp³-hybridized carbons (Fsp3) is 0.0769. The van der Waals surface area contributed by atoms with Gasteiger partial charge in [-0.05, 0) is 29.3 Å². The van der Waals surface area contributed by atoms with E-state index in [9.17, 15) is 4.39 Å². The number of hydrazine groups is 1. The van der Waals surface area contributed by atoms with Crippen molar-refractivity contribution in [3.63, 3.8) is 0 Å². The Balaban J connectivity index is 2.40. The molecule has 1 atom stereocenters. The predicted molar refractivity (Wildman–Crippen MR) is 66.4 cm³/mol. The summed E-state index contributed by atoms with van der Waals surface area (Å²) in [4.78, 5) is 0. The first kappa shape index (κ1) is 11.6. The van der Waals surface area contributed by atoms with Crippen LogP contribution in [0.15, 0.2) is 48.5 Å². The first-order valence-electron chi connectivity index (χ1n) is 5.28. The van der Waals surface area contributed by atoms with E-state index in [1.54, 1.807) is 12.1 Å². The maximum Gasteiger partial charge on any atom is 0.123 e. The van der Waals surface area contributed by atoms with E-state index in [2.05, 4.69) is 5.43 Å². The zero-order chi connectivity index (χ0) is 12.3. The maximum absolute atomic E-state index is 12.9. The molecule has 0 fully saturated rings. The standard InChI is InChI=1S/C13H14FN3/c14-10-7-5-9(6-8-10)13(17-16)11-3-1-2-4-12(11)15/h1-8,13,17H,15-16H2. The number of nitrogens with two attached hydrogens (primary N) is 2. The Hall–Kier alpha value is -1.91. The van der Waals surface area contributed by atoms with Gasteiger partial charge in [-0.25, -0.2) is 9.82 Å². The molecule has 3 nitrogen and oxygen atoms in total. The predicted octanol–water partition coefficient (Wildman–Crippen LogP) is 1.96. The summed E-state index contributed by atoms with van der Waals surface area (Å²) in [6.45, 7) is 0. The number of para-hydroxylation sites is 1. The molecule has 0 heterocycles. The normalized spacial score (nSPS) is 12.4. The van der Waals surface area contributed by atoms with Gasteiger partial charge in [-0.15, -0.1) is 0 Å². The second kappa shape index (κ2) is 4.95. The average Bonchev–Trinajstić information content (AvgIpc) is 2.35. The van der Waals surface area contributed by atoms with Gasteiger partial charge in [0.25, 0.3) is 0 Å². The Morgan fingerprint density at radius 3 is 2.24 bits per heavy atom. The van der Waals surface area contributed by atoms with Crippen LogP contribution in [0.3, 0.4) is 0 Å². The zero-order valence-electron chi connectivity index (χ0n) is 9.23. The topological polar surface area (TPSA) is 64.1 Å². The van der Waals surface area contributed by atoms with Crippen LogP contribution in [0.2, 0.25) is 0 Å². The summed E-state index contributed by atoms with van der Waals surface area (Å²) in [6.07, 6.45) is 0. The minimum atomic E-state index is -0.273. The molecule has 0 saturated heterocycles. The zero-order valence-corrected chi connectivity index (χ0v) is 9.23. The third-order valence-corrected chi connectivity index (χ3v) is 2.68. The first-order valence-corrected chi connectivity index (χ1v) is 5.28. The highest BCUT2D eigenvalue weighted by Crippen LogP contribution is 2.25. The van der Waals surface area contributed by atoms with Gasteiger partial charge >= 0.3 is 0 Å². The lowest BCUT2D eigenvalue weighted by atomic mass is 9.98. The Bertz CT molecular complexity index is 496. The third kappa shape index (κ3) is 2.43. The van der Waals surface area contributed by atoms with Gasteiger partial charge < -0.3 is 5.73 Å². The van der Waals surface area contributed by atoms with Crippen molar-refractivity contribution in [3.05, 3.63) is 65.5 Å². The number of rotatable bonds is 3. The van der Waals surface area contributed by atoms with E-state index in [0.29, 0.717) is 5.69 Å². The second-order valence-electron chi connectivity index (χ2n) is 3.78. The van der Waals surface area contributed by atoms with E-state index in [0.717, 1.165) is 11.1 Å². The van der Waals surface area contributed by atoms with Crippen LogP contribution >= 0.6 is 0 Å². The minimum absolute atomic E-state index is 0.239. The van der Waals surface area contributed by atoms with E-state index in [4.69, 9.17) is 11.6 Å². The van der Waals surface area contributed by atoms with Crippen molar-refractivity contribution in [1.82, 2.24) is 5.43 Å². The van der Waals surface area contributed by atoms with Crippen LogP contribution in [0.25, 0.3) is 0 Å². The average molecular weight is 231 g/mol. The maximum atomic E-state index is 12.9. The van der Waals surface area contributed by atoms with E-state index < -0.39 is 0 Å². The number of hydrogen-bond acceptors (Lipinski definition) is 3. The van der Waals surface area contributed by atoms with Crippen LogP contribution in [0, 0.1) is 5.82 Å². The molecule has 5 N–H and O–H groups in total. The van der Waals surface area contributed by atoms with Crippen LogP contribution in [0.1, 0.15) is 17.2 Å². The van der Waals surface area contributed by atoms with Crippen molar-refractivity contribution in [1.29, 1.82) is 0 Å². The number of nitrogen functional groups attached to an aromatic ring is 1. The van der Waals surface area contributed by atoms with Gasteiger partial charge in [0.15, 0.2) is 0 Å². The summed E-state index contributed by atoms with van der Waals surface area (Å²) in [5.41, 5.74) is 11.0. The summed E-state index contributed by atoms with van der Waals surface area (Å²) in [5.74, 6) is 5.27. The summed E-state index contributed by atoms with van der Waals surface area (Å²) < 4.78 is 12.9. The highest BCUT2D eigenvalue weighted by molar-refractivity contribution is 5.51. The SMILES string of the molecule is NNC(c1ccc(F)cc1)c1ccccc1N. The van der Waals surface area contributed by atoms with Gasteiger partial charge in [0.2, 0.25) is 0 Å². The van der Waals surface area contributed by atoms with Crippen LogP contribution in [0.4, 0.5) is 10.1 Å². The van der Waals surface area contributed by atoms with Crippen molar-refractivity contribution in [3.8, 4) is 0 Å². The Morgan fingerprint density at radius 1 is 1.00 bits per heavy atom. The molecule has 4 heteroatoms. The lowest BCUT2D eigenvalue weighted by Gasteiger charge is -2.18. The second-order valence-corrected chi connectivity index (χ2v) is 3.78. The fourth-order valence-electron chi connectivity index (χ4n) is 1.79. The highest BCUT2D eigenvalue weighted by Gasteiger charge is 2.14. The van der Waals surface area contributed by atoms with Crippen LogP contribution < -0.4 is 17.0 Å². The summed E-state index contributed by atoms with van der Waals surface area (Å²) in [7, 11) is 0. The van der Waals surface area contributed by atoms with E-state index in [-0.39, 0.29) is 11.9 Å². The third-order valence-electron chi connectivity index (χ3n) is 2.68. The molecule has 0 aromatic heterocycles. The molecule has 0 aliphatic heterocycles. The molecule has 0 amide bonds. The van der Waals surface area contributed by atoms with Crippen molar-refractivity contribution in [2.24, 2.45) is 5.84 Å². The smallest absolute Gasteiger partial charge is 0.123 e. The molecule has 0 bridgehead atoms. The summed E-state index contributed by atoms with van der Waals surface area (Å²) >= 11 is 0. The molecule has 0 aliphatic carbocycles. The molecule has 2 aromatic carbocycles. The molecule has 2 aromatic rings. The van der Waals surface area contributed by atoms with Crippen molar-refractivity contribution < 1.29 is 4.39 Å². The van der Waals surface area contributed by atoms with Crippen molar-refractivity contribution in [2.75, 3.05) is 5.73 Å². The molecule has 0 spiro atoms. The van der Waals surface area contributed by atoms with E-state index in [1.165, 1.54) is 12.1 Å².